The Morgan fingerprint density at radius 1 is 1.10 bits per heavy atom. The second-order valence-electron chi connectivity index (χ2n) is 4.71. The lowest BCUT2D eigenvalue weighted by Gasteiger charge is -2.08. The third-order valence-corrected chi connectivity index (χ3v) is 3.26. The Bertz CT molecular complexity index is 846. The summed E-state index contributed by atoms with van der Waals surface area (Å²) in [7, 11) is 0. The molecule has 1 heterocycles. The molecule has 5 heteroatoms. The second kappa shape index (κ2) is 5.33. The van der Waals surface area contributed by atoms with Gasteiger partial charge in [0.2, 0.25) is 0 Å². The maximum absolute atomic E-state index is 13.3. The molecule has 0 aliphatic carbocycles. The third kappa shape index (κ3) is 2.61. The van der Waals surface area contributed by atoms with E-state index >= 15 is 0 Å². The molecular formula is C16H11F2N3. The minimum absolute atomic E-state index is 0.117. The summed E-state index contributed by atoms with van der Waals surface area (Å²) in [6.07, 6.45) is 0.117. The van der Waals surface area contributed by atoms with Crippen molar-refractivity contribution in [1.82, 2.24) is 9.55 Å². The molecule has 0 radical (unpaired) electrons. The third-order valence-electron chi connectivity index (χ3n) is 3.26. The van der Waals surface area contributed by atoms with Gasteiger partial charge in [0, 0.05) is 12.6 Å². The van der Waals surface area contributed by atoms with E-state index in [2.05, 4.69) is 4.98 Å². The topological polar surface area (TPSA) is 41.6 Å². The fraction of sp³-hybridized carbons (Fsp3) is 0.125. The zero-order valence-corrected chi connectivity index (χ0v) is 11.1. The van der Waals surface area contributed by atoms with Crippen LogP contribution in [0.1, 0.15) is 11.4 Å². The molecule has 1 aromatic heterocycles. The van der Waals surface area contributed by atoms with Gasteiger partial charge >= 0.3 is 0 Å². The molecule has 0 bridgehead atoms. The highest BCUT2D eigenvalue weighted by molar-refractivity contribution is 5.76. The lowest BCUT2D eigenvalue weighted by molar-refractivity contribution is 0.623. The van der Waals surface area contributed by atoms with Crippen LogP contribution in [0.3, 0.4) is 0 Å². The van der Waals surface area contributed by atoms with Gasteiger partial charge in [-0.15, -0.1) is 0 Å². The molecule has 0 aliphatic heterocycles. The van der Waals surface area contributed by atoms with E-state index in [1.54, 1.807) is 18.2 Å². The molecule has 0 aliphatic rings. The van der Waals surface area contributed by atoms with Crippen LogP contribution < -0.4 is 0 Å². The highest BCUT2D eigenvalue weighted by Gasteiger charge is 2.12. The number of hydrogen-bond acceptors (Lipinski definition) is 2. The largest absolute Gasteiger partial charge is 0.323 e. The summed E-state index contributed by atoms with van der Waals surface area (Å²) in [4.78, 5) is 4.29. The number of nitrogens with zero attached hydrogens (tertiary/aromatic N) is 3. The number of benzene rings is 2. The molecular weight excluding hydrogens is 272 g/mol. The first-order valence-electron chi connectivity index (χ1n) is 6.43. The van der Waals surface area contributed by atoms with Crippen molar-refractivity contribution in [3.63, 3.8) is 0 Å². The van der Waals surface area contributed by atoms with E-state index in [-0.39, 0.29) is 18.1 Å². The van der Waals surface area contributed by atoms with Gasteiger partial charge in [0.05, 0.1) is 23.5 Å². The van der Waals surface area contributed by atoms with E-state index in [4.69, 9.17) is 5.26 Å². The summed E-state index contributed by atoms with van der Waals surface area (Å²) in [5.41, 5.74) is 1.99. The van der Waals surface area contributed by atoms with Crippen LogP contribution in [0.15, 0.2) is 42.5 Å². The standard InChI is InChI=1S/C16H11F2N3/c17-12-3-1-2-11(8-12)10-21-15-5-4-13(18)9-14(15)20-16(21)6-7-19/h1-5,8-9H,6,10H2. The van der Waals surface area contributed by atoms with E-state index in [0.29, 0.717) is 17.9 Å². The average Bonchev–Trinajstić information content (AvgIpc) is 2.76. The van der Waals surface area contributed by atoms with Crippen LogP contribution >= 0.6 is 0 Å². The molecule has 0 spiro atoms. The van der Waals surface area contributed by atoms with Crippen molar-refractivity contribution >= 4 is 11.0 Å². The van der Waals surface area contributed by atoms with E-state index in [1.165, 1.54) is 24.3 Å². The molecule has 0 saturated carbocycles. The molecule has 21 heavy (non-hydrogen) atoms. The van der Waals surface area contributed by atoms with Crippen molar-refractivity contribution in [1.29, 1.82) is 5.26 Å². The minimum atomic E-state index is -0.374. The van der Waals surface area contributed by atoms with Crippen molar-refractivity contribution in [3.8, 4) is 6.07 Å². The van der Waals surface area contributed by atoms with E-state index in [0.717, 1.165) is 11.1 Å². The Hall–Kier alpha value is -2.74. The van der Waals surface area contributed by atoms with Gasteiger partial charge in [-0.25, -0.2) is 13.8 Å². The van der Waals surface area contributed by atoms with Gasteiger partial charge in [-0.1, -0.05) is 12.1 Å². The molecule has 3 nitrogen and oxygen atoms in total. The zero-order valence-electron chi connectivity index (χ0n) is 11.1. The van der Waals surface area contributed by atoms with E-state index < -0.39 is 0 Å². The average molecular weight is 283 g/mol. The summed E-state index contributed by atoms with van der Waals surface area (Å²) in [6, 6.07) is 12.6. The lowest BCUT2D eigenvalue weighted by atomic mass is 10.2. The number of halogens is 2. The maximum Gasteiger partial charge on any atom is 0.125 e. The van der Waals surface area contributed by atoms with Gasteiger partial charge in [0.15, 0.2) is 0 Å². The van der Waals surface area contributed by atoms with Crippen LogP contribution in [0.4, 0.5) is 8.78 Å². The maximum atomic E-state index is 13.3. The summed E-state index contributed by atoms with van der Waals surface area (Å²) >= 11 is 0. The van der Waals surface area contributed by atoms with Crippen LogP contribution in [0.2, 0.25) is 0 Å². The molecule has 2 aromatic carbocycles. The van der Waals surface area contributed by atoms with Crippen LogP contribution in [0.25, 0.3) is 11.0 Å². The summed E-state index contributed by atoms with van der Waals surface area (Å²) < 4.78 is 28.4. The first kappa shape index (κ1) is 13.3. The number of fused-ring (bicyclic) bond motifs is 1. The normalized spacial score (nSPS) is 10.7. The van der Waals surface area contributed by atoms with Gasteiger partial charge in [-0.3, -0.25) is 0 Å². The van der Waals surface area contributed by atoms with Crippen molar-refractivity contribution in [2.75, 3.05) is 0 Å². The number of aromatic nitrogens is 2. The fourth-order valence-corrected chi connectivity index (χ4v) is 2.35. The molecule has 0 amide bonds. The fourth-order valence-electron chi connectivity index (χ4n) is 2.35. The number of rotatable bonds is 3. The second-order valence-corrected chi connectivity index (χ2v) is 4.71. The lowest BCUT2D eigenvalue weighted by Crippen LogP contribution is -2.05. The van der Waals surface area contributed by atoms with Gasteiger partial charge in [0.1, 0.15) is 17.5 Å². The summed E-state index contributed by atoms with van der Waals surface area (Å²) in [5.74, 6) is -0.145. The molecule has 104 valence electrons. The molecule has 0 fully saturated rings. The Morgan fingerprint density at radius 3 is 2.67 bits per heavy atom. The van der Waals surface area contributed by atoms with E-state index in [1.807, 2.05) is 10.6 Å². The molecule has 0 atom stereocenters. The van der Waals surface area contributed by atoms with E-state index in [9.17, 15) is 8.78 Å². The van der Waals surface area contributed by atoms with Crippen LogP contribution in [0, 0.1) is 23.0 Å². The Kier molecular flexibility index (Phi) is 3.36. The van der Waals surface area contributed by atoms with Crippen molar-refractivity contribution in [3.05, 3.63) is 65.5 Å². The highest BCUT2D eigenvalue weighted by Crippen LogP contribution is 2.20. The summed E-state index contributed by atoms with van der Waals surface area (Å²) in [5, 5.41) is 8.90. The highest BCUT2D eigenvalue weighted by atomic mass is 19.1. The van der Waals surface area contributed by atoms with Crippen LogP contribution in [-0.2, 0) is 13.0 Å². The van der Waals surface area contributed by atoms with Crippen LogP contribution in [-0.4, -0.2) is 9.55 Å². The Labute approximate surface area is 120 Å². The first-order valence-corrected chi connectivity index (χ1v) is 6.43. The van der Waals surface area contributed by atoms with Gasteiger partial charge in [-0.05, 0) is 29.8 Å². The zero-order chi connectivity index (χ0) is 14.8. The molecule has 0 N–H and O–H groups in total. The quantitative estimate of drug-likeness (QED) is 0.739. The molecule has 0 unspecified atom stereocenters. The number of nitriles is 1. The molecule has 3 rings (SSSR count). The predicted molar refractivity (Wildman–Crippen MR) is 74.5 cm³/mol. The predicted octanol–water partition coefficient (Wildman–Crippen LogP) is 3.43. The minimum Gasteiger partial charge on any atom is -0.323 e. The van der Waals surface area contributed by atoms with Gasteiger partial charge in [0.25, 0.3) is 0 Å². The number of hydrogen-bond donors (Lipinski definition) is 0. The van der Waals surface area contributed by atoms with Crippen molar-refractivity contribution in [2.45, 2.75) is 13.0 Å². The SMILES string of the molecule is N#CCc1nc2cc(F)ccc2n1Cc1cccc(F)c1. The van der Waals surface area contributed by atoms with Gasteiger partial charge < -0.3 is 4.57 Å². The van der Waals surface area contributed by atoms with Crippen molar-refractivity contribution in [2.24, 2.45) is 0 Å². The van der Waals surface area contributed by atoms with Gasteiger partial charge in [-0.2, -0.15) is 5.26 Å². The molecule has 3 aromatic rings. The monoisotopic (exact) mass is 283 g/mol. The smallest absolute Gasteiger partial charge is 0.125 e. The number of imidazole rings is 1. The first-order chi connectivity index (χ1) is 10.2. The van der Waals surface area contributed by atoms with Crippen molar-refractivity contribution < 1.29 is 8.78 Å². The Morgan fingerprint density at radius 2 is 1.90 bits per heavy atom. The Balaban J connectivity index is 2.11. The summed E-state index contributed by atoms with van der Waals surface area (Å²) in [6.45, 7) is 0.386. The molecule has 0 saturated heterocycles. The van der Waals surface area contributed by atoms with Crippen LogP contribution in [0.5, 0.6) is 0 Å².